The Morgan fingerprint density at radius 3 is 2.50 bits per heavy atom. The largest absolute Gasteiger partial charge is 0.457 e. The fraction of sp³-hybridized carbons (Fsp3) is 0.238. The van der Waals surface area contributed by atoms with Crippen molar-refractivity contribution in [2.45, 2.75) is 31.8 Å². The van der Waals surface area contributed by atoms with Gasteiger partial charge in [-0.2, -0.15) is 15.0 Å². The summed E-state index contributed by atoms with van der Waals surface area (Å²) in [6.45, 7) is 1.93. The SMILES string of the molecule is Cc1ccccc1Nc1nc(N)nc(COC(=O)C2(c3ccccc3)CC2)n1. The first kappa shape index (κ1) is 17.9. The van der Waals surface area contributed by atoms with Gasteiger partial charge < -0.3 is 15.8 Å². The molecule has 1 aliphatic rings. The van der Waals surface area contributed by atoms with Crippen LogP contribution in [0, 0.1) is 6.92 Å². The number of aromatic nitrogens is 3. The van der Waals surface area contributed by atoms with Crippen molar-refractivity contribution in [1.29, 1.82) is 0 Å². The molecule has 1 aliphatic carbocycles. The molecule has 4 rings (SSSR count). The summed E-state index contributed by atoms with van der Waals surface area (Å²) in [6, 6.07) is 17.5. The number of hydrogen-bond donors (Lipinski definition) is 2. The molecule has 1 heterocycles. The monoisotopic (exact) mass is 375 g/mol. The number of nitrogen functional groups attached to an aromatic ring is 1. The predicted molar refractivity (Wildman–Crippen MR) is 106 cm³/mol. The lowest BCUT2D eigenvalue weighted by Crippen LogP contribution is -2.23. The number of carbonyl (C=O) groups is 1. The summed E-state index contributed by atoms with van der Waals surface area (Å²) in [5.74, 6) is 0.435. The Labute approximate surface area is 163 Å². The van der Waals surface area contributed by atoms with Crippen LogP contribution in [0.1, 0.15) is 29.8 Å². The minimum Gasteiger partial charge on any atom is -0.457 e. The predicted octanol–water partition coefficient (Wildman–Crippen LogP) is 3.28. The van der Waals surface area contributed by atoms with Crippen molar-refractivity contribution in [3.63, 3.8) is 0 Å². The highest BCUT2D eigenvalue weighted by atomic mass is 16.5. The molecule has 1 fully saturated rings. The maximum Gasteiger partial charge on any atom is 0.317 e. The molecular formula is C21H21N5O2. The topological polar surface area (TPSA) is 103 Å². The molecule has 1 aromatic heterocycles. The van der Waals surface area contributed by atoms with Crippen LogP contribution in [0.2, 0.25) is 0 Å². The van der Waals surface area contributed by atoms with E-state index in [9.17, 15) is 4.79 Å². The summed E-state index contributed by atoms with van der Waals surface area (Å²) in [6.07, 6.45) is 1.57. The summed E-state index contributed by atoms with van der Waals surface area (Å²) >= 11 is 0. The van der Waals surface area contributed by atoms with Gasteiger partial charge in [-0.1, -0.05) is 48.5 Å². The first-order chi connectivity index (χ1) is 13.6. The van der Waals surface area contributed by atoms with Gasteiger partial charge in [0.05, 0.1) is 5.41 Å². The Morgan fingerprint density at radius 1 is 1.07 bits per heavy atom. The maximum atomic E-state index is 12.7. The quantitative estimate of drug-likeness (QED) is 0.637. The zero-order valence-electron chi connectivity index (χ0n) is 15.6. The molecule has 3 N–H and O–H groups in total. The van der Waals surface area contributed by atoms with Crippen molar-refractivity contribution in [3.05, 3.63) is 71.5 Å². The van der Waals surface area contributed by atoms with E-state index in [0.29, 0.717) is 11.8 Å². The number of carbonyl (C=O) groups excluding carboxylic acids is 1. The zero-order chi connectivity index (χ0) is 19.6. The second kappa shape index (κ2) is 7.26. The van der Waals surface area contributed by atoms with Crippen molar-refractivity contribution in [2.24, 2.45) is 0 Å². The van der Waals surface area contributed by atoms with Gasteiger partial charge in [-0.15, -0.1) is 0 Å². The number of para-hydroxylation sites is 1. The first-order valence-electron chi connectivity index (χ1n) is 9.13. The molecule has 1 saturated carbocycles. The molecule has 0 atom stereocenters. The van der Waals surface area contributed by atoms with E-state index in [4.69, 9.17) is 10.5 Å². The number of benzene rings is 2. The standard InChI is InChI=1S/C21H21N5O2/c1-14-7-5-6-10-16(14)23-20-25-17(24-19(22)26-20)13-28-18(27)21(11-12-21)15-8-3-2-4-9-15/h2-10H,11-13H2,1H3,(H3,22,23,24,25,26). The first-order valence-corrected chi connectivity index (χ1v) is 9.13. The van der Waals surface area contributed by atoms with E-state index in [1.54, 1.807) is 0 Å². The molecule has 0 amide bonds. The number of hydrogen-bond acceptors (Lipinski definition) is 7. The molecular weight excluding hydrogens is 354 g/mol. The number of aryl methyl sites for hydroxylation is 1. The highest BCUT2D eigenvalue weighted by Gasteiger charge is 2.52. The van der Waals surface area contributed by atoms with Gasteiger partial charge in [0, 0.05) is 5.69 Å². The fourth-order valence-electron chi connectivity index (χ4n) is 3.15. The number of ether oxygens (including phenoxy) is 1. The molecule has 7 nitrogen and oxygen atoms in total. The lowest BCUT2D eigenvalue weighted by molar-refractivity contribution is -0.148. The van der Waals surface area contributed by atoms with Gasteiger partial charge in [0.1, 0.15) is 0 Å². The lowest BCUT2D eigenvalue weighted by atomic mass is 9.96. The van der Waals surface area contributed by atoms with Crippen LogP contribution in [0.25, 0.3) is 0 Å². The molecule has 0 aliphatic heterocycles. The summed E-state index contributed by atoms with van der Waals surface area (Å²) in [4.78, 5) is 25.2. The van der Waals surface area contributed by atoms with E-state index >= 15 is 0 Å². The van der Waals surface area contributed by atoms with Crippen LogP contribution in [0.5, 0.6) is 0 Å². The van der Waals surface area contributed by atoms with E-state index in [0.717, 1.165) is 29.7 Å². The van der Waals surface area contributed by atoms with Crippen LogP contribution in [-0.4, -0.2) is 20.9 Å². The minimum atomic E-state index is -0.540. The Balaban J connectivity index is 1.46. The molecule has 2 aromatic carbocycles. The van der Waals surface area contributed by atoms with E-state index in [-0.39, 0.29) is 18.5 Å². The van der Waals surface area contributed by atoms with Crippen LogP contribution in [0.3, 0.4) is 0 Å². The van der Waals surface area contributed by atoms with Crippen LogP contribution < -0.4 is 11.1 Å². The summed E-state index contributed by atoms with van der Waals surface area (Å²) in [5.41, 5.74) is 8.17. The minimum absolute atomic E-state index is 0.0530. The van der Waals surface area contributed by atoms with Crippen molar-refractivity contribution < 1.29 is 9.53 Å². The Hall–Kier alpha value is -3.48. The molecule has 142 valence electrons. The van der Waals surface area contributed by atoms with Crippen LogP contribution in [-0.2, 0) is 21.6 Å². The van der Waals surface area contributed by atoms with Gasteiger partial charge in [-0.05, 0) is 37.0 Å². The van der Waals surface area contributed by atoms with Crippen molar-refractivity contribution >= 4 is 23.6 Å². The smallest absolute Gasteiger partial charge is 0.317 e. The number of anilines is 3. The highest BCUT2D eigenvalue weighted by Crippen LogP contribution is 2.49. The van der Waals surface area contributed by atoms with Crippen LogP contribution in [0.15, 0.2) is 54.6 Å². The second-order valence-corrected chi connectivity index (χ2v) is 6.90. The highest BCUT2D eigenvalue weighted by molar-refractivity contribution is 5.86. The van der Waals surface area contributed by atoms with Crippen molar-refractivity contribution in [3.8, 4) is 0 Å². The average molecular weight is 375 g/mol. The van der Waals surface area contributed by atoms with Gasteiger partial charge in [-0.3, -0.25) is 4.79 Å². The molecule has 3 aromatic rings. The summed E-state index contributed by atoms with van der Waals surface area (Å²) in [5, 5.41) is 3.13. The van der Waals surface area contributed by atoms with E-state index in [1.165, 1.54) is 0 Å². The molecule has 28 heavy (non-hydrogen) atoms. The average Bonchev–Trinajstić information content (AvgIpc) is 3.50. The molecule has 0 bridgehead atoms. The van der Waals surface area contributed by atoms with Crippen molar-refractivity contribution in [1.82, 2.24) is 15.0 Å². The lowest BCUT2D eigenvalue weighted by Gasteiger charge is -2.15. The van der Waals surface area contributed by atoms with Crippen LogP contribution in [0.4, 0.5) is 17.6 Å². The Kier molecular flexibility index (Phi) is 4.65. The van der Waals surface area contributed by atoms with Crippen LogP contribution >= 0.6 is 0 Å². The van der Waals surface area contributed by atoms with Gasteiger partial charge in [0.15, 0.2) is 12.4 Å². The summed E-state index contributed by atoms with van der Waals surface area (Å²) < 4.78 is 5.52. The van der Waals surface area contributed by atoms with Gasteiger partial charge in [-0.25, -0.2) is 0 Å². The maximum absolute atomic E-state index is 12.7. The van der Waals surface area contributed by atoms with Gasteiger partial charge in [0.2, 0.25) is 11.9 Å². The van der Waals surface area contributed by atoms with E-state index in [1.807, 2.05) is 61.5 Å². The van der Waals surface area contributed by atoms with E-state index < -0.39 is 5.41 Å². The zero-order valence-corrected chi connectivity index (χ0v) is 15.6. The Bertz CT molecular complexity index is 1000. The molecule has 0 spiro atoms. The molecule has 0 radical (unpaired) electrons. The second-order valence-electron chi connectivity index (χ2n) is 6.90. The molecule has 0 unspecified atom stereocenters. The molecule has 0 saturated heterocycles. The van der Waals surface area contributed by atoms with E-state index in [2.05, 4.69) is 20.3 Å². The fourth-order valence-corrected chi connectivity index (χ4v) is 3.15. The van der Waals surface area contributed by atoms with Crippen molar-refractivity contribution in [2.75, 3.05) is 11.1 Å². The molecule has 7 heteroatoms. The number of nitrogens with one attached hydrogen (secondary N) is 1. The number of nitrogens with two attached hydrogens (primary N) is 1. The Morgan fingerprint density at radius 2 is 1.79 bits per heavy atom. The summed E-state index contributed by atoms with van der Waals surface area (Å²) in [7, 11) is 0. The third kappa shape index (κ3) is 3.64. The third-order valence-electron chi connectivity index (χ3n) is 4.89. The number of rotatable bonds is 6. The number of nitrogens with zero attached hydrogens (tertiary/aromatic N) is 3. The normalized spacial score (nSPS) is 14.3. The van der Waals surface area contributed by atoms with Gasteiger partial charge >= 0.3 is 5.97 Å². The number of esters is 1. The third-order valence-corrected chi connectivity index (χ3v) is 4.89. The van der Waals surface area contributed by atoms with Gasteiger partial charge in [0.25, 0.3) is 0 Å².